The summed E-state index contributed by atoms with van der Waals surface area (Å²) in [7, 11) is 0. The van der Waals surface area contributed by atoms with Crippen LogP contribution in [-0.4, -0.2) is 27.7 Å². The molecule has 32 heavy (non-hydrogen) atoms. The second-order valence-corrected chi connectivity index (χ2v) is 8.35. The van der Waals surface area contributed by atoms with Gasteiger partial charge in [-0.25, -0.2) is 4.98 Å². The van der Waals surface area contributed by atoms with E-state index >= 15 is 0 Å². The topological polar surface area (TPSA) is 66.7 Å². The first kappa shape index (κ1) is 20.0. The van der Waals surface area contributed by atoms with E-state index in [-0.39, 0.29) is 24.2 Å². The van der Waals surface area contributed by atoms with E-state index in [4.69, 9.17) is 0 Å². The van der Waals surface area contributed by atoms with Crippen LogP contribution in [0, 0.1) is 19.8 Å². The van der Waals surface area contributed by atoms with E-state index in [0.29, 0.717) is 6.54 Å². The molecule has 0 saturated carbocycles. The summed E-state index contributed by atoms with van der Waals surface area (Å²) in [5, 5.41) is 3.05. The largest absolute Gasteiger partial charge is 0.326 e. The van der Waals surface area contributed by atoms with Gasteiger partial charge in [-0.3, -0.25) is 9.59 Å². The number of hydrogen-bond donors (Lipinski definition) is 1. The van der Waals surface area contributed by atoms with Crippen molar-refractivity contribution in [1.82, 2.24) is 9.38 Å². The molecule has 0 unspecified atom stereocenters. The molecule has 2 aromatic heterocycles. The van der Waals surface area contributed by atoms with Gasteiger partial charge in [-0.05, 0) is 49.7 Å². The Morgan fingerprint density at radius 2 is 1.88 bits per heavy atom. The summed E-state index contributed by atoms with van der Waals surface area (Å²) in [6, 6.07) is 19.6. The van der Waals surface area contributed by atoms with Crippen molar-refractivity contribution in [2.24, 2.45) is 5.92 Å². The van der Waals surface area contributed by atoms with Crippen molar-refractivity contribution >= 4 is 28.8 Å². The van der Waals surface area contributed by atoms with Gasteiger partial charge >= 0.3 is 0 Å². The van der Waals surface area contributed by atoms with Gasteiger partial charge in [-0.15, -0.1) is 0 Å². The van der Waals surface area contributed by atoms with Crippen LogP contribution in [0.25, 0.3) is 16.9 Å². The van der Waals surface area contributed by atoms with Crippen molar-refractivity contribution in [2.75, 3.05) is 16.8 Å². The van der Waals surface area contributed by atoms with Crippen molar-refractivity contribution < 1.29 is 9.59 Å². The molecule has 1 aliphatic heterocycles. The zero-order valence-corrected chi connectivity index (χ0v) is 18.1. The molecule has 1 aliphatic rings. The lowest BCUT2D eigenvalue weighted by Gasteiger charge is -2.17. The van der Waals surface area contributed by atoms with Gasteiger partial charge in [0.25, 0.3) is 0 Å². The third-order valence-electron chi connectivity index (χ3n) is 6.00. The van der Waals surface area contributed by atoms with Gasteiger partial charge in [-0.1, -0.05) is 35.9 Å². The van der Waals surface area contributed by atoms with Crippen LogP contribution in [0.2, 0.25) is 0 Å². The molecule has 0 aliphatic carbocycles. The van der Waals surface area contributed by atoms with E-state index in [0.717, 1.165) is 39.4 Å². The number of benzene rings is 2. The number of nitrogens with one attached hydrogen (secondary N) is 1. The smallest absolute Gasteiger partial charge is 0.229 e. The number of imidazole rings is 1. The van der Waals surface area contributed by atoms with E-state index in [2.05, 4.69) is 10.3 Å². The number of fused-ring (bicyclic) bond motifs is 1. The molecule has 2 aromatic carbocycles. The molecule has 2 amide bonds. The summed E-state index contributed by atoms with van der Waals surface area (Å²) in [6.45, 7) is 4.36. The summed E-state index contributed by atoms with van der Waals surface area (Å²) < 4.78 is 1.97. The Hall–Kier alpha value is -3.93. The molecule has 3 heterocycles. The van der Waals surface area contributed by atoms with Crippen LogP contribution >= 0.6 is 0 Å². The van der Waals surface area contributed by atoms with Gasteiger partial charge in [0.2, 0.25) is 11.8 Å². The van der Waals surface area contributed by atoms with Crippen LogP contribution in [0.5, 0.6) is 0 Å². The number of rotatable bonds is 4. The SMILES string of the molecule is Cc1ccc(N2C[C@@H](C(=O)Nc3cc(-c4cn5ccccc5n4)ccc3C)CC2=O)cc1. The maximum Gasteiger partial charge on any atom is 0.229 e. The lowest BCUT2D eigenvalue weighted by molar-refractivity contribution is -0.122. The minimum Gasteiger partial charge on any atom is -0.326 e. The molecule has 1 saturated heterocycles. The Bertz CT molecular complexity index is 1290. The molecule has 4 aromatic rings. The van der Waals surface area contributed by atoms with Crippen LogP contribution in [0.4, 0.5) is 11.4 Å². The summed E-state index contributed by atoms with van der Waals surface area (Å²) in [5.41, 5.74) is 6.31. The maximum absolute atomic E-state index is 13.0. The highest BCUT2D eigenvalue weighted by atomic mass is 16.2. The van der Waals surface area contributed by atoms with Crippen LogP contribution in [0.3, 0.4) is 0 Å². The fourth-order valence-corrected chi connectivity index (χ4v) is 4.08. The first-order chi connectivity index (χ1) is 15.5. The highest BCUT2D eigenvalue weighted by molar-refractivity contribution is 6.03. The molecule has 5 rings (SSSR count). The van der Waals surface area contributed by atoms with Crippen molar-refractivity contribution in [3.63, 3.8) is 0 Å². The first-order valence-electron chi connectivity index (χ1n) is 10.7. The highest BCUT2D eigenvalue weighted by Gasteiger charge is 2.35. The van der Waals surface area contributed by atoms with Gasteiger partial charge in [0, 0.05) is 42.3 Å². The molecular formula is C26H24N4O2. The number of hydrogen-bond acceptors (Lipinski definition) is 3. The van der Waals surface area contributed by atoms with Crippen LogP contribution in [0.15, 0.2) is 73.1 Å². The first-order valence-corrected chi connectivity index (χ1v) is 10.7. The Morgan fingerprint density at radius 3 is 2.66 bits per heavy atom. The predicted octanol–water partition coefficient (Wildman–Crippen LogP) is 4.61. The van der Waals surface area contributed by atoms with Crippen LogP contribution in [-0.2, 0) is 9.59 Å². The monoisotopic (exact) mass is 424 g/mol. The van der Waals surface area contributed by atoms with Crippen molar-refractivity contribution in [1.29, 1.82) is 0 Å². The number of pyridine rings is 1. The van der Waals surface area contributed by atoms with Crippen molar-refractivity contribution in [3.05, 3.63) is 84.2 Å². The molecular weight excluding hydrogens is 400 g/mol. The summed E-state index contributed by atoms with van der Waals surface area (Å²) in [6.07, 6.45) is 4.14. The minimum atomic E-state index is -0.387. The lowest BCUT2D eigenvalue weighted by atomic mass is 10.1. The third-order valence-corrected chi connectivity index (χ3v) is 6.00. The van der Waals surface area contributed by atoms with E-state index in [1.165, 1.54) is 0 Å². The zero-order chi connectivity index (χ0) is 22.2. The fourth-order valence-electron chi connectivity index (χ4n) is 4.08. The number of carbonyl (C=O) groups excluding carboxylic acids is 2. The number of aromatic nitrogens is 2. The number of anilines is 2. The Kier molecular flexibility index (Phi) is 4.98. The Morgan fingerprint density at radius 1 is 1.06 bits per heavy atom. The molecule has 6 heteroatoms. The predicted molar refractivity (Wildman–Crippen MR) is 126 cm³/mol. The Labute approximate surface area is 186 Å². The van der Waals surface area contributed by atoms with Crippen LogP contribution < -0.4 is 10.2 Å². The fraction of sp³-hybridized carbons (Fsp3) is 0.192. The van der Waals surface area contributed by atoms with E-state index in [1.54, 1.807) is 4.90 Å². The molecule has 1 atom stereocenters. The number of aryl methyl sites for hydroxylation is 2. The van der Waals surface area contributed by atoms with Gasteiger partial charge in [0.05, 0.1) is 11.6 Å². The molecule has 0 radical (unpaired) electrons. The average Bonchev–Trinajstić information content (AvgIpc) is 3.39. The maximum atomic E-state index is 13.0. The number of carbonyl (C=O) groups is 2. The summed E-state index contributed by atoms with van der Waals surface area (Å²) in [4.78, 5) is 31.9. The minimum absolute atomic E-state index is 0.0239. The Balaban J connectivity index is 1.34. The number of amides is 2. The molecule has 160 valence electrons. The third kappa shape index (κ3) is 3.75. The highest BCUT2D eigenvalue weighted by Crippen LogP contribution is 2.29. The quantitative estimate of drug-likeness (QED) is 0.520. The zero-order valence-electron chi connectivity index (χ0n) is 18.1. The normalized spacial score (nSPS) is 16.0. The van der Waals surface area contributed by atoms with E-state index < -0.39 is 0 Å². The average molecular weight is 425 g/mol. The second kappa shape index (κ2) is 7.96. The molecule has 1 fully saturated rings. The molecule has 0 bridgehead atoms. The van der Waals surface area contributed by atoms with E-state index in [9.17, 15) is 9.59 Å². The van der Waals surface area contributed by atoms with Crippen LogP contribution in [0.1, 0.15) is 17.5 Å². The second-order valence-electron chi connectivity index (χ2n) is 8.35. The summed E-state index contributed by atoms with van der Waals surface area (Å²) >= 11 is 0. The van der Waals surface area contributed by atoms with Crippen molar-refractivity contribution in [2.45, 2.75) is 20.3 Å². The van der Waals surface area contributed by atoms with E-state index in [1.807, 2.05) is 91.3 Å². The lowest BCUT2D eigenvalue weighted by Crippen LogP contribution is -2.28. The van der Waals surface area contributed by atoms with Gasteiger partial charge in [0.1, 0.15) is 5.65 Å². The van der Waals surface area contributed by atoms with Gasteiger partial charge < -0.3 is 14.6 Å². The summed E-state index contributed by atoms with van der Waals surface area (Å²) in [5.74, 6) is -0.547. The molecule has 0 spiro atoms. The molecule has 6 nitrogen and oxygen atoms in total. The van der Waals surface area contributed by atoms with Gasteiger partial charge in [-0.2, -0.15) is 0 Å². The van der Waals surface area contributed by atoms with Crippen molar-refractivity contribution in [3.8, 4) is 11.3 Å². The standard InChI is InChI=1S/C26H24N4O2/c1-17-6-10-21(11-7-17)30-15-20(14-25(30)31)26(32)28-22-13-19(9-8-18(22)2)23-16-29-12-4-3-5-24(29)27-23/h3-13,16,20H,14-15H2,1-2H3,(H,28,32)/t20-/m0/s1. The number of nitrogens with zero attached hydrogens (tertiary/aromatic N) is 3. The van der Waals surface area contributed by atoms with Gasteiger partial charge in [0.15, 0.2) is 0 Å². The molecule has 1 N–H and O–H groups in total.